The molecule has 0 saturated heterocycles. The van der Waals surface area contributed by atoms with E-state index in [0.717, 1.165) is 6.42 Å². The zero-order valence-corrected chi connectivity index (χ0v) is 12.8. The molecule has 0 atom stereocenters. The minimum atomic E-state index is 1.14. The fourth-order valence-corrected chi connectivity index (χ4v) is 2.14. The summed E-state index contributed by atoms with van der Waals surface area (Å²) < 4.78 is 0. The highest BCUT2D eigenvalue weighted by Gasteiger charge is 1.91. The molecule has 0 heterocycles. The molecule has 0 aromatic rings. The predicted molar refractivity (Wildman–Crippen MR) is 85.0 cm³/mol. The third-order valence-electron chi connectivity index (χ3n) is 3.34. The molecule has 0 aliphatic heterocycles. The van der Waals surface area contributed by atoms with E-state index in [4.69, 9.17) is 0 Å². The van der Waals surface area contributed by atoms with E-state index >= 15 is 0 Å². The molecule has 0 aliphatic rings. The third-order valence-corrected chi connectivity index (χ3v) is 3.34. The van der Waals surface area contributed by atoms with Gasteiger partial charge in [-0.2, -0.15) is 0 Å². The van der Waals surface area contributed by atoms with Gasteiger partial charge in [0.15, 0.2) is 0 Å². The van der Waals surface area contributed by atoms with Gasteiger partial charge in [-0.3, -0.25) is 0 Å². The fraction of sp³-hybridized carbons (Fsp3) is 0.778. The first-order valence-electron chi connectivity index (χ1n) is 8.23. The van der Waals surface area contributed by atoms with Crippen molar-refractivity contribution in [1.82, 2.24) is 0 Å². The van der Waals surface area contributed by atoms with Crippen LogP contribution < -0.4 is 0 Å². The van der Waals surface area contributed by atoms with E-state index in [2.05, 4.69) is 38.2 Å². The van der Waals surface area contributed by atoms with E-state index < -0.39 is 0 Å². The summed E-state index contributed by atoms with van der Waals surface area (Å²) in [7, 11) is 0. The zero-order chi connectivity index (χ0) is 13.3. The molecule has 0 N–H and O–H groups in total. The van der Waals surface area contributed by atoms with Gasteiger partial charge in [0, 0.05) is 0 Å². The lowest BCUT2D eigenvalue weighted by Crippen LogP contribution is -1.81. The summed E-state index contributed by atoms with van der Waals surface area (Å²) >= 11 is 0. The van der Waals surface area contributed by atoms with E-state index in [1.807, 2.05) is 0 Å². The van der Waals surface area contributed by atoms with Crippen LogP contribution in [0.3, 0.4) is 0 Å². The molecule has 0 fully saturated rings. The first kappa shape index (κ1) is 17.5. The minimum Gasteiger partial charge on any atom is -0.0848 e. The van der Waals surface area contributed by atoms with Gasteiger partial charge >= 0.3 is 0 Å². The van der Waals surface area contributed by atoms with Crippen molar-refractivity contribution in [2.45, 2.75) is 90.9 Å². The Hall–Kier alpha value is -0.520. The molecular formula is C18H34. The summed E-state index contributed by atoms with van der Waals surface area (Å²) in [4.78, 5) is 0. The zero-order valence-electron chi connectivity index (χ0n) is 12.8. The van der Waals surface area contributed by atoms with Gasteiger partial charge in [0.05, 0.1) is 0 Å². The maximum Gasteiger partial charge on any atom is -0.0348 e. The van der Waals surface area contributed by atoms with E-state index in [-0.39, 0.29) is 0 Å². The molecule has 0 amide bonds. The van der Waals surface area contributed by atoms with Crippen LogP contribution in [0.25, 0.3) is 0 Å². The summed E-state index contributed by atoms with van der Waals surface area (Å²) in [6, 6.07) is 0. The third kappa shape index (κ3) is 15.5. The average Bonchev–Trinajstić information content (AvgIpc) is 2.39. The van der Waals surface area contributed by atoms with Gasteiger partial charge in [0.25, 0.3) is 0 Å². The van der Waals surface area contributed by atoms with Crippen LogP contribution in [0.4, 0.5) is 0 Å². The lowest BCUT2D eigenvalue weighted by Gasteiger charge is -2.01. The highest BCUT2D eigenvalue weighted by atomic mass is 14.0. The smallest absolute Gasteiger partial charge is 0.0348 e. The van der Waals surface area contributed by atoms with Gasteiger partial charge in [0.2, 0.25) is 0 Å². The molecule has 0 unspecified atom stereocenters. The Morgan fingerprint density at radius 3 is 1.61 bits per heavy atom. The number of allylic oxidation sites excluding steroid dienone is 4. The van der Waals surface area contributed by atoms with Crippen LogP contribution in [0.2, 0.25) is 0 Å². The maximum atomic E-state index is 2.30. The Morgan fingerprint density at radius 1 is 0.556 bits per heavy atom. The molecule has 0 radical (unpaired) electrons. The molecule has 18 heavy (non-hydrogen) atoms. The normalized spacial score (nSPS) is 11.9. The summed E-state index contributed by atoms with van der Waals surface area (Å²) in [5.41, 5.74) is 0. The molecule has 0 spiro atoms. The first-order valence-corrected chi connectivity index (χ1v) is 8.23. The maximum absolute atomic E-state index is 2.30. The summed E-state index contributed by atoms with van der Waals surface area (Å²) in [6.45, 7) is 4.46. The van der Waals surface area contributed by atoms with E-state index in [9.17, 15) is 0 Å². The Kier molecular flexibility index (Phi) is 16.0. The van der Waals surface area contributed by atoms with Gasteiger partial charge in [0.1, 0.15) is 0 Å². The molecule has 106 valence electrons. The van der Waals surface area contributed by atoms with Crippen LogP contribution in [0.15, 0.2) is 24.3 Å². The Morgan fingerprint density at radius 2 is 1.06 bits per heavy atom. The standard InChI is InChI=1S/C18H34/c1-3-5-7-9-11-13-15-17-18-16-14-12-10-8-6-4-2/h5,7,9,11H,3-4,6,8,10,12-18H2,1-2H3/b7-5+,11-9+. The number of rotatable bonds is 13. The van der Waals surface area contributed by atoms with Crippen LogP contribution >= 0.6 is 0 Å². The summed E-state index contributed by atoms with van der Waals surface area (Å²) in [5.74, 6) is 0. The van der Waals surface area contributed by atoms with E-state index in [0.29, 0.717) is 0 Å². The molecule has 0 aliphatic carbocycles. The Balaban J connectivity index is 3.03. The van der Waals surface area contributed by atoms with Crippen molar-refractivity contribution >= 4 is 0 Å². The second kappa shape index (κ2) is 16.5. The van der Waals surface area contributed by atoms with Crippen molar-refractivity contribution in [2.24, 2.45) is 0 Å². The van der Waals surface area contributed by atoms with Gasteiger partial charge in [-0.05, 0) is 19.3 Å². The quantitative estimate of drug-likeness (QED) is 0.248. The van der Waals surface area contributed by atoms with Crippen molar-refractivity contribution in [3.05, 3.63) is 24.3 Å². The number of unbranched alkanes of at least 4 members (excludes halogenated alkanes) is 10. The van der Waals surface area contributed by atoms with Crippen LogP contribution in [0.1, 0.15) is 90.9 Å². The van der Waals surface area contributed by atoms with Crippen molar-refractivity contribution in [1.29, 1.82) is 0 Å². The molecule has 0 rings (SSSR count). The highest BCUT2D eigenvalue weighted by Crippen LogP contribution is 2.11. The topological polar surface area (TPSA) is 0 Å². The summed E-state index contributed by atoms with van der Waals surface area (Å²) in [5, 5.41) is 0. The molecule has 0 nitrogen and oxygen atoms in total. The van der Waals surface area contributed by atoms with Crippen LogP contribution in [-0.2, 0) is 0 Å². The molecular weight excluding hydrogens is 216 g/mol. The monoisotopic (exact) mass is 250 g/mol. The Bertz CT molecular complexity index is 188. The van der Waals surface area contributed by atoms with Crippen LogP contribution in [0.5, 0.6) is 0 Å². The van der Waals surface area contributed by atoms with E-state index in [1.165, 1.54) is 70.6 Å². The molecule has 0 aromatic carbocycles. The predicted octanol–water partition coefficient (Wildman–Crippen LogP) is 6.82. The number of hydrogen-bond donors (Lipinski definition) is 0. The Labute approximate surface area is 116 Å². The van der Waals surface area contributed by atoms with E-state index in [1.54, 1.807) is 0 Å². The fourth-order valence-electron chi connectivity index (χ4n) is 2.14. The van der Waals surface area contributed by atoms with Gasteiger partial charge in [-0.15, -0.1) is 0 Å². The molecule has 0 aromatic heterocycles. The molecule has 0 heteroatoms. The lowest BCUT2D eigenvalue weighted by molar-refractivity contribution is 0.557. The van der Waals surface area contributed by atoms with Crippen molar-refractivity contribution in [2.75, 3.05) is 0 Å². The second-order valence-electron chi connectivity index (χ2n) is 5.24. The van der Waals surface area contributed by atoms with Crippen molar-refractivity contribution in [3.63, 3.8) is 0 Å². The van der Waals surface area contributed by atoms with Crippen LogP contribution in [-0.4, -0.2) is 0 Å². The van der Waals surface area contributed by atoms with Crippen LogP contribution in [0, 0.1) is 0 Å². The lowest BCUT2D eigenvalue weighted by atomic mass is 10.1. The largest absolute Gasteiger partial charge is 0.0848 e. The average molecular weight is 250 g/mol. The SMILES string of the molecule is CC/C=C/C=C/CCCCCCCCCCCC. The summed E-state index contributed by atoms with van der Waals surface area (Å²) in [6.07, 6.45) is 25.5. The minimum absolute atomic E-state index is 1.14. The van der Waals surface area contributed by atoms with Crippen molar-refractivity contribution in [3.8, 4) is 0 Å². The van der Waals surface area contributed by atoms with Crippen molar-refractivity contribution < 1.29 is 0 Å². The first-order chi connectivity index (χ1) is 8.91. The van der Waals surface area contributed by atoms with Gasteiger partial charge in [-0.1, -0.05) is 95.9 Å². The number of hydrogen-bond acceptors (Lipinski definition) is 0. The molecule has 0 saturated carbocycles. The highest BCUT2D eigenvalue weighted by molar-refractivity contribution is 5.01. The second-order valence-corrected chi connectivity index (χ2v) is 5.24. The molecule has 0 bridgehead atoms. The van der Waals surface area contributed by atoms with Gasteiger partial charge in [-0.25, -0.2) is 0 Å². The van der Waals surface area contributed by atoms with Gasteiger partial charge < -0.3 is 0 Å².